The fourth-order valence-electron chi connectivity index (χ4n) is 3.07. The first-order chi connectivity index (χ1) is 10.1. The van der Waals surface area contributed by atoms with Crippen LogP contribution in [0.1, 0.15) is 39.0 Å². The SMILES string of the molecule is CCC1(CNCC(O)COc2ccc(Br)cc2)CCCC1. The van der Waals surface area contributed by atoms with Crippen molar-refractivity contribution in [3.05, 3.63) is 28.7 Å². The maximum absolute atomic E-state index is 10.00. The summed E-state index contributed by atoms with van der Waals surface area (Å²) in [7, 11) is 0. The fraction of sp³-hybridized carbons (Fsp3) is 0.647. The highest BCUT2D eigenvalue weighted by Gasteiger charge is 2.31. The first kappa shape index (κ1) is 16.8. The van der Waals surface area contributed by atoms with E-state index in [1.54, 1.807) is 0 Å². The van der Waals surface area contributed by atoms with Crippen molar-refractivity contribution in [2.24, 2.45) is 5.41 Å². The van der Waals surface area contributed by atoms with Crippen molar-refractivity contribution >= 4 is 15.9 Å². The van der Waals surface area contributed by atoms with Crippen molar-refractivity contribution < 1.29 is 9.84 Å². The van der Waals surface area contributed by atoms with Gasteiger partial charge in [-0.1, -0.05) is 35.7 Å². The molecule has 1 aromatic carbocycles. The van der Waals surface area contributed by atoms with E-state index < -0.39 is 6.10 Å². The zero-order valence-corrected chi connectivity index (χ0v) is 14.4. The van der Waals surface area contributed by atoms with Crippen molar-refractivity contribution in [3.8, 4) is 5.75 Å². The molecular formula is C17H26BrNO2. The Hall–Kier alpha value is -0.580. The normalized spacial score (nSPS) is 18.6. The Balaban J connectivity index is 1.65. The van der Waals surface area contributed by atoms with Crippen molar-refractivity contribution in [1.82, 2.24) is 5.32 Å². The second-order valence-electron chi connectivity index (χ2n) is 6.11. The van der Waals surface area contributed by atoms with Crippen molar-refractivity contribution in [3.63, 3.8) is 0 Å². The number of benzene rings is 1. The van der Waals surface area contributed by atoms with Crippen LogP contribution in [0.2, 0.25) is 0 Å². The summed E-state index contributed by atoms with van der Waals surface area (Å²) in [5.41, 5.74) is 0.465. The van der Waals surface area contributed by atoms with E-state index in [9.17, 15) is 5.11 Å². The molecule has 0 amide bonds. The molecule has 1 unspecified atom stereocenters. The van der Waals surface area contributed by atoms with E-state index in [0.717, 1.165) is 16.8 Å². The number of ether oxygens (including phenoxy) is 1. The molecule has 1 aliphatic rings. The summed E-state index contributed by atoms with van der Waals surface area (Å²) in [6.45, 7) is 4.21. The van der Waals surface area contributed by atoms with Gasteiger partial charge < -0.3 is 15.2 Å². The predicted molar refractivity (Wildman–Crippen MR) is 89.7 cm³/mol. The lowest BCUT2D eigenvalue weighted by Gasteiger charge is -2.28. The summed E-state index contributed by atoms with van der Waals surface area (Å²) >= 11 is 3.39. The minimum Gasteiger partial charge on any atom is -0.491 e. The molecule has 0 spiro atoms. The van der Waals surface area contributed by atoms with Gasteiger partial charge in [0.25, 0.3) is 0 Å². The molecule has 1 fully saturated rings. The summed E-state index contributed by atoms with van der Waals surface area (Å²) in [4.78, 5) is 0. The number of nitrogens with one attached hydrogen (secondary N) is 1. The summed E-state index contributed by atoms with van der Waals surface area (Å²) in [6, 6.07) is 7.67. The highest BCUT2D eigenvalue weighted by molar-refractivity contribution is 9.10. The molecule has 4 heteroatoms. The lowest BCUT2D eigenvalue weighted by molar-refractivity contribution is 0.102. The van der Waals surface area contributed by atoms with Crippen molar-refractivity contribution in [2.75, 3.05) is 19.7 Å². The zero-order chi connectivity index (χ0) is 15.1. The first-order valence-corrected chi connectivity index (χ1v) is 8.70. The number of aliphatic hydroxyl groups excluding tert-OH is 1. The molecule has 2 rings (SSSR count). The molecule has 0 saturated heterocycles. The number of hydrogen-bond donors (Lipinski definition) is 2. The second-order valence-corrected chi connectivity index (χ2v) is 7.03. The van der Waals surface area contributed by atoms with E-state index in [0.29, 0.717) is 18.6 Å². The standard InChI is InChI=1S/C17H26BrNO2/c1-2-17(9-3-4-10-17)13-19-11-15(20)12-21-16-7-5-14(18)6-8-16/h5-8,15,19-20H,2-4,9-13H2,1H3. The Kier molecular flexibility index (Phi) is 6.52. The van der Waals surface area contributed by atoms with Crippen LogP contribution in [0.25, 0.3) is 0 Å². The van der Waals surface area contributed by atoms with Gasteiger partial charge in [0.15, 0.2) is 0 Å². The smallest absolute Gasteiger partial charge is 0.119 e. The number of hydrogen-bond acceptors (Lipinski definition) is 3. The van der Waals surface area contributed by atoms with Crippen molar-refractivity contribution in [1.29, 1.82) is 0 Å². The Morgan fingerprint density at radius 2 is 1.95 bits per heavy atom. The molecule has 21 heavy (non-hydrogen) atoms. The maximum atomic E-state index is 10.00. The van der Waals surface area contributed by atoms with E-state index in [-0.39, 0.29) is 0 Å². The maximum Gasteiger partial charge on any atom is 0.119 e. The monoisotopic (exact) mass is 355 g/mol. The zero-order valence-electron chi connectivity index (χ0n) is 12.8. The number of rotatable bonds is 8. The third kappa shape index (κ3) is 5.28. The van der Waals surface area contributed by atoms with Gasteiger partial charge in [0.1, 0.15) is 18.5 Å². The van der Waals surface area contributed by atoms with Gasteiger partial charge in [0.05, 0.1) is 0 Å². The summed E-state index contributed by atoms with van der Waals surface area (Å²) in [5, 5.41) is 13.4. The number of aliphatic hydroxyl groups is 1. The van der Waals surface area contributed by atoms with Crippen LogP contribution in [0.4, 0.5) is 0 Å². The molecule has 0 heterocycles. The van der Waals surface area contributed by atoms with Crippen LogP contribution in [0, 0.1) is 5.41 Å². The topological polar surface area (TPSA) is 41.5 Å². The Bertz CT molecular complexity index is 415. The highest BCUT2D eigenvalue weighted by Crippen LogP contribution is 2.40. The average molecular weight is 356 g/mol. The van der Waals surface area contributed by atoms with E-state index in [4.69, 9.17) is 4.74 Å². The lowest BCUT2D eigenvalue weighted by Crippen LogP contribution is -2.38. The van der Waals surface area contributed by atoms with Crippen LogP contribution in [0.15, 0.2) is 28.7 Å². The molecule has 2 N–H and O–H groups in total. The van der Waals surface area contributed by atoms with Crippen molar-refractivity contribution in [2.45, 2.75) is 45.1 Å². The molecule has 0 aliphatic heterocycles. The fourth-order valence-corrected chi connectivity index (χ4v) is 3.33. The third-order valence-corrected chi connectivity index (χ3v) is 5.08. The van der Waals surface area contributed by atoms with Gasteiger partial charge in [0.2, 0.25) is 0 Å². The van der Waals surface area contributed by atoms with Crippen LogP contribution in [-0.2, 0) is 0 Å². The summed E-state index contributed by atoms with van der Waals surface area (Å²) in [6.07, 6.45) is 6.11. The second kappa shape index (κ2) is 8.16. The molecule has 0 radical (unpaired) electrons. The van der Waals surface area contributed by atoms with E-state index >= 15 is 0 Å². The quantitative estimate of drug-likeness (QED) is 0.746. The number of halogens is 1. The summed E-state index contributed by atoms with van der Waals surface area (Å²) < 4.78 is 6.61. The van der Waals surface area contributed by atoms with Gasteiger partial charge >= 0.3 is 0 Å². The average Bonchev–Trinajstić information content (AvgIpc) is 2.96. The first-order valence-electron chi connectivity index (χ1n) is 7.91. The van der Waals surface area contributed by atoms with Gasteiger partial charge in [-0.2, -0.15) is 0 Å². The largest absolute Gasteiger partial charge is 0.491 e. The van der Waals surface area contributed by atoms with Gasteiger partial charge in [0, 0.05) is 17.6 Å². The van der Waals surface area contributed by atoms with Crippen LogP contribution in [0.5, 0.6) is 5.75 Å². The molecule has 118 valence electrons. The Labute approximate surface area is 136 Å². The molecule has 0 bridgehead atoms. The van der Waals surface area contributed by atoms with Crippen LogP contribution in [0.3, 0.4) is 0 Å². The molecular weight excluding hydrogens is 330 g/mol. The highest BCUT2D eigenvalue weighted by atomic mass is 79.9. The summed E-state index contributed by atoms with van der Waals surface area (Å²) in [5.74, 6) is 0.790. The van der Waals surface area contributed by atoms with Gasteiger partial charge in [-0.15, -0.1) is 0 Å². The molecule has 1 saturated carbocycles. The molecule has 1 atom stereocenters. The van der Waals surface area contributed by atoms with Crippen LogP contribution >= 0.6 is 15.9 Å². The predicted octanol–water partition coefficient (Wildman–Crippen LogP) is 3.75. The molecule has 0 aromatic heterocycles. The van der Waals surface area contributed by atoms with E-state index in [2.05, 4.69) is 28.2 Å². The van der Waals surface area contributed by atoms with Gasteiger partial charge in [-0.3, -0.25) is 0 Å². The minimum atomic E-state index is -0.469. The van der Waals surface area contributed by atoms with Crippen LogP contribution < -0.4 is 10.1 Å². The molecule has 3 nitrogen and oxygen atoms in total. The lowest BCUT2D eigenvalue weighted by atomic mass is 9.83. The third-order valence-electron chi connectivity index (χ3n) is 4.55. The molecule has 1 aliphatic carbocycles. The molecule has 1 aromatic rings. The van der Waals surface area contributed by atoms with Gasteiger partial charge in [-0.25, -0.2) is 0 Å². The van der Waals surface area contributed by atoms with Gasteiger partial charge in [-0.05, 0) is 48.9 Å². The Morgan fingerprint density at radius 1 is 1.29 bits per heavy atom. The van der Waals surface area contributed by atoms with Crippen LogP contribution in [-0.4, -0.2) is 30.9 Å². The Morgan fingerprint density at radius 3 is 2.57 bits per heavy atom. The van der Waals surface area contributed by atoms with E-state index in [1.807, 2.05) is 24.3 Å². The van der Waals surface area contributed by atoms with E-state index in [1.165, 1.54) is 32.1 Å². The minimum absolute atomic E-state index is 0.327.